The van der Waals surface area contributed by atoms with Gasteiger partial charge in [0.25, 0.3) is 5.91 Å². The van der Waals surface area contributed by atoms with E-state index >= 15 is 0 Å². The van der Waals surface area contributed by atoms with E-state index < -0.39 is 53.7 Å². The number of amides is 5. The van der Waals surface area contributed by atoms with Crippen LogP contribution < -0.4 is 47.9 Å². The van der Waals surface area contributed by atoms with Crippen LogP contribution in [0.2, 0.25) is 0 Å². The lowest BCUT2D eigenvalue weighted by atomic mass is 9.93. The number of carbonyl (C=O) groups excluding carboxylic acids is 5. The van der Waals surface area contributed by atoms with Gasteiger partial charge >= 0.3 is 0 Å². The minimum absolute atomic E-state index is 0.00503. The lowest BCUT2D eigenvalue weighted by Crippen LogP contribution is -2.56. The van der Waals surface area contributed by atoms with Crippen molar-refractivity contribution in [2.24, 2.45) is 17.2 Å². The molecule has 10 N–H and O–H groups in total. The number of aromatic nitrogens is 2. The van der Waals surface area contributed by atoms with E-state index in [1.807, 2.05) is 30.3 Å². The Balaban J connectivity index is 1.55. The molecule has 0 saturated heterocycles. The number of fused-ring (bicyclic) bond motifs is 5. The van der Waals surface area contributed by atoms with Gasteiger partial charge in [-0.15, -0.1) is 0 Å². The summed E-state index contributed by atoms with van der Waals surface area (Å²) in [6, 6.07) is 15.2. The number of ether oxygens (including phenoxy) is 2. The number of likely N-dealkylation sites (N-methyl/N-ethyl adjacent to an activating group) is 1. The van der Waals surface area contributed by atoms with Gasteiger partial charge in [0.1, 0.15) is 55.4 Å². The molecule has 0 spiro atoms. The van der Waals surface area contributed by atoms with Crippen LogP contribution in [0.4, 0.5) is 0 Å². The van der Waals surface area contributed by atoms with E-state index in [1.54, 1.807) is 43.3 Å². The highest BCUT2D eigenvalue weighted by Gasteiger charge is 2.36. The van der Waals surface area contributed by atoms with E-state index in [0.29, 0.717) is 51.7 Å². The van der Waals surface area contributed by atoms with Gasteiger partial charge in [-0.1, -0.05) is 49.7 Å². The Bertz CT molecular complexity index is 2390. The molecule has 18 heteroatoms. The molecule has 1 aromatic heterocycles. The molecule has 0 fully saturated rings. The average Bonchev–Trinajstić information content (AvgIpc) is 3.32. The van der Waals surface area contributed by atoms with Gasteiger partial charge in [0.15, 0.2) is 5.82 Å². The molecular weight excluding hydrogens is 843 g/mol. The minimum Gasteiger partial charge on any atom is -0.492 e. The minimum atomic E-state index is -1.39. The number of hydrogen-bond acceptors (Lipinski definition) is 13. The first-order valence-electron chi connectivity index (χ1n) is 22.2. The maximum absolute atomic E-state index is 14.8. The Hall–Kier alpha value is -6.94. The van der Waals surface area contributed by atoms with Gasteiger partial charge in [0, 0.05) is 49.4 Å². The maximum atomic E-state index is 14.8. The fourth-order valence-corrected chi connectivity index (χ4v) is 7.55. The van der Waals surface area contributed by atoms with Crippen LogP contribution in [0.25, 0.3) is 22.5 Å². The first-order chi connectivity index (χ1) is 31.8. The van der Waals surface area contributed by atoms with Crippen molar-refractivity contribution < 1.29 is 33.4 Å². The lowest BCUT2D eigenvalue weighted by Gasteiger charge is -2.32. The molecule has 0 radical (unpaired) electrons. The summed E-state index contributed by atoms with van der Waals surface area (Å²) in [7, 11) is 1.43. The summed E-state index contributed by atoms with van der Waals surface area (Å²) in [5, 5.41) is 20.0. The zero-order chi connectivity index (χ0) is 47.8. The first kappa shape index (κ1) is 50.1. The number of aryl methyl sites for hydroxylation is 2. The molecule has 66 heavy (non-hydrogen) atoms. The Labute approximate surface area is 385 Å². The molecular formula is C48H61N11O7. The summed E-state index contributed by atoms with van der Waals surface area (Å²) in [4.78, 5) is 80.8. The molecule has 4 bridgehead atoms. The van der Waals surface area contributed by atoms with E-state index in [-0.39, 0.29) is 57.8 Å². The SMILES string of the molecule is CCCCc1ccc(-c2ncc(C(=O)N[C@@H](CCCN)C(=O)N(C)[C@@H]3C(=O)N[C@@H](C)C(=O)N[C@H](C(=O)NCC#N)Cc4ccc(OCCN)c(c4)-c4cc3ccc4OCCN)c(C)n2)cc1. The quantitative estimate of drug-likeness (QED) is 0.0667. The standard InChI is InChI=1S/C48H61N11O7/c1-5-6-8-31-10-13-33(14-11-31)43-54-28-37(29(2)55-43)45(61)57-38(9-7-18-49)48(64)59(4)42-34-15-17-41(66-24-21-52)36(27-34)35-25-32(12-16-40(35)65-23-20-51)26-39(46(62)53-22-19-50)58-44(60)30(3)56-47(42)63/h10-17,25,27-28,30,38-39,42H,5-9,18,20-24,26,49,51-52H2,1-4H3,(H,53,62)(H,56,63)(H,57,61)(H,58,60)/t30-,38-,39-,42-/m0/s1. The number of rotatable bonds is 19. The van der Waals surface area contributed by atoms with Gasteiger partial charge in [-0.25, -0.2) is 9.97 Å². The predicted octanol–water partition coefficient (Wildman–Crippen LogP) is 2.36. The Morgan fingerprint density at radius 3 is 2.24 bits per heavy atom. The second-order valence-corrected chi connectivity index (χ2v) is 16.0. The van der Waals surface area contributed by atoms with Gasteiger partial charge in [0.2, 0.25) is 23.6 Å². The fourth-order valence-electron chi connectivity index (χ4n) is 7.55. The zero-order valence-corrected chi connectivity index (χ0v) is 38.0. The Kier molecular flexibility index (Phi) is 18.5. The third-order valence-corrected chi connectivity index (χ3v) is 11.1. The molecule has 1 aliphatic rings. The second kappa shape index (κ2) is 24.4. The average molecular weight is 904 g/mol. The number of benzene rings is 3. The molecule has 18 nitrogen and oxygen atoms in total. The van der Waals surface area contributed by atoms with Crippen LogP contribution in [-0.2, 0) is 32.0 Å². The number of nitrogens with one attached hydrogen (secondary N) is 4. The van der Waals surface area contributed by atoms with Crippen LogP contribution in [-0.4, -0.2) is 109 Å². The van der Waals surface area contributed by atoms with Gasteiger partial charge in [-0.05, 0) is 87.0 Å². The number of nitriles is 1. The third kappa shape index (κ3) is 12.9. The summed E-state index contributed by atoms with van der Waals surface area (Å²) >= 11 is 0. The van der Waals surface area contributed by atoms with E-state index in [4.69, 9.17) is 26.7 Å². The number of carbonyl (C=O) groups is 5. The number of nitrogens with zero attached hydrogens (tertiary/aromatic N) is 4. The highest BCUT2D eigenvalue weighted by molar-refractivity contribution is 6.00. The number of unbranched alkanes of at least 4 members (excludes halogenated alkanes) is 1. The number of nitrogens with two attached hydrogens (primary N) is 3. The van der Waals surface area contributed by atoms with E-state index in [0.717, 1.165) is 24.8 Å². The second-order valence-electron chi connectivity index (χ2n) is 16.0. The van der Waals surface area contributed by atoms with E-state index in [1.165, 1.54) is 30.6 Å². The van der Waals surface area contributed by atoms with Crippen LogP contribution >= 0.6 is 0 Å². The van der Waals surface area contributed by atoms with Crippen molar-refractivity contribution in [1.82, 2.24) is 36.1 Å². The normalized spacial score (nSPS) is 16.4. The van der Waals surface area contributed by atoms with Crippen molar-refractivity contribution in [3.05, 3.63) is 94.8 Å². The van der Waals surface area contributed by atoms with Gasteiger partial charge in [-0.2, -0.15) is 5.26 Å². The van der Waals surface area contributed by atoms with Crippen molar-refractivity contribution in [2.45, 2.75) is 83.5 Å². The topological polar surface area (TPSA) is 283 Å². The summed E-state index contributed by atoms with van der Waals surface area (Å²) < 4.78 is 12.2. The summed E-state index contributed by atoms with van der Waals surface area (Å²) in [6.07, 6.45) is 5.07. The summed E-state index contributed by atoms with van der Waals surface area (Å²) in [6.45, 7) is 5.88. The van der Waals surface area contributed by atoms with Crippen LogP contribution in [0.15, 0.2) is 66.9 Å². The van der Waals surface area contributed by atoms with Crippen molar-refractivity contribution >= 4 is 29.5 Å². The molecule has 2 heterocycles. The highest BCUT2D eigenvalue weighted by Crippen LogP contribution is 2.40. The molecule has 5 amide bonds. The van der Waals surface area contributed by atoms with Gasteiger partial charge in [0.05, 0.1) is 17.3 Å². The van der Waals surface area contributed by atoms with Crippen LogP contribution in [0.5, 0.6) is 11.5 Å². The lowest BCUT2D eigenvalue weighted by molar-refractivity contribution is -0.141. The first-order valence-corrected chi connectivity index (χ1v) is 22.2. The molecule has 0 aliphatic carbocycles. The molecule has 4 atom stereocenters. The molecule has 1 aliphatic heterocycles. The van der Waals surface area contributed by atoms with Crippen molar-refractivity contribution in [3.8, 4) is 40.1 Å². The van der Waals surface area contributed by atoms with Crippen LogP contribution in [0.1, 0.15) is 78.3 Å². The largest absolute Gasteiger partial charge is 0.492 e. The van der Waals surface area contributed by atoms with Crippen molar-refractivity contribution in [2.75, 3.05) is 46.4 Å². The Morgan fingerprint density at radius 1 is 0.924 bits per heavy atom. The van der Waals surface area contributed by atoms with Crippen molar-refractivity contribution in [1.29, 1.82) is 5.26 Å². The molecule has 5 rings (SSSR count). The van der Waals surface area contributed by atoms with E-state index in [2.05, 4.69) is 38.2 Å². The number of hydrogen-bond donors (Lipinski definition) is 7. The summed E-state index contributed by atoms with van der Waals surface area (Å²) in [5.74, 6) is -2.05. The smallest absolute Gasteiger partial charge is 0.255 e. The zero-order valence-electron chi connectivity index (χ0n) is 38.0. The molecule has 0 unspecified atom stereocenters. The summed E-state index contributed by atoms with van der Waals surface area (Å²) in [5.41, 5.74) is 22.1. The van der Waals surface area contributed by atoms with E-state index in [9.17, 15) is 29.2 Å². The van der Waals surface area contributed by atoms with Crippen LogP contribution in [0, 0.1) is 18.3 Å². The van der Waals surface area contributed by atoms with Gasteiger partial charge in [-0.3, -0.25) is 24.0 Å². The monoisotopic (exact) mass is 903 g/mol. The predicted molar refractivity (Wildman–Crippen MR) is 249 cm³/mol. The maximum Gasteiger partial charge on any atom is 0.255 e. The van der Waals surface area contributed by atoms with Crippen molar-refractivity contribution in [3.63, 3.8) is 0 Å². The van der Waals surface area contributed by atoms with Gasteiger partial charge < -0.3 is 52.8 Å². The third-order valence-electron chi connectivity index (χ3n) is 11.1. The molecule has 3 aromatic carbocycles. The fraction of sp³-hybridized carbons (Fsp3) is 0.417. The van der Waals surface area contributed by atoms with Crippen LogP contribution in [0.3, 0.4) is 0 Å². The molecule has 4 aromatic rings. The Morgan fingerprint density at radius 2 is 1.61 bits per heavy atom. The molecule has 0 saturated carbocycles. The highest BCUT2D eigenvalue weighted by atomic mass is 16.5. The molecule has 350 valence electrons.